The molecule has 1 unspecified atom stereocenters. The third-order valence-electron chi connectivity index (χ3n) is 6.45. The van der Waals surface area contributed by atoms with Gasteiger partial charge in [0.25, 0.3) is 10.0 Å². The van der Waals surface area contributed by atoms with Gasteiger partial charge in [-0.1, -0.05) is 67.1 Å². The number of nitrogens with zero attached hydrogens (tertiary/aromatic N) is 2. The Morgan fingerprint density at radius 2 is 1.50 bits per heavy atom. The lowest BCUT2D eigenvalue weighted by molar-refractivity contribution is -0.140. The predicted molar refractivity (Wildman–Crippen MR) is 151 cm³/mol. The molecule has 0 heterocycles. The van der Waals surface area contributed by atoms with Crippen molar-refractivity contribution in [2.75, 3.05) is 17.4 Å². The van der Waals surface area contributed by atoms with Crippen LogP contribution in [0.25, 0.3) is 0 Å². The number of sulfonamides is 1. The number of nitrogens with one attached hydrogen (secondary N) is 1. The van der Waals surface area contributed by atoms with Gasteiger partial charge in [0, 0.05) is 13.1 Å². The van der Waals surface area contributed by atoms with E-state index in [9.17, 15) is 18.0 Å². The van der Waals surface area contributed by atoms with Crippen molar-refractivity contribution in [1.29, 1.82) is 0 Å². The Morgan fingerprint density at radius 3 is 2.11 bits per heavy atom. The third kappa shape index (κ3) is 6.81. The van der Waals surface area contributed by atoms with Crippen LogP contribution in [0.15, 0.2) is 77.7 Å². The number of hydrogen-bond acceptors (Lipinski definition) is 4. The van der Waals surface area contributed by atoms with Crippen LogP contribution in [0.1, 0.15) is 42.5 Å². The van der Waals surface area contributed by atoms with Gasteiger partial charge < -0.3 is 10.2 Å². The quantitative estimate of drug-likeness (QED) is 0.384. The lowest BCUT2D eigenvalue weighted by Crippen LogP contribution is -2.52. The second kappa shape index (κ2) is 12.7. The van der Waals surface area contributed by atoms with E-state index in [1.54, 1.807) is 30.3 Å². The minimum atomic E-state index is -4.09. The van der Waals surface area contributed by atoms with Crippen LogP contribution < -0.4 is 9.62 Å². The largest absolute Gasteiger partial charge is 0.355 e. The molecule has 0 aliphatic heterocycles. The highest BCUT2D eigenvalue weighted by atomic mass is 32.2. The molecule has 1 N–H and O–H groups in total. The number of benzene rings is 3. The average molecular weight is 536 g/mol. The van der Waals surface area contributed by atoms with Crippen molar-refractivity contribution >= 4 is 27.5 Å². The van der Waals surface area contributed by atoms with Crippen LogP contribution in [0.2, 0.25) is 0 Å². The van der Waals surface area contributed by atoms with E-state index in [-0.39, 0.29) is 17.3 Å². The van der Waals surface area contributed by atoms with Gasteiger partial charge in [-0.2, -0.15) is 0 Å². The first-order valence-corrected chi connectivity index (χ1v) is 14.3. The number of rotatable bonds is 11. The molecule has 0 aliphatic carbocycles. The molecule has 0 spiro atoms. The number of hydrogen-bond donors (Lipinski definition) is 1. The van der Waals surface area contributed by atoms with Gasteiger partial charge in [0.15, 0.2) is 0 Å². The molecule has 202 valence electrons. The summed E-state index contributed by atoms with van der Waals surface area (Å²) in [6.07, 6.45) is 0.387. The Balaban J connectivity index is 2.09. The normalized spacial score (nSPS) is 12.0. The zero-order chi connectivity index (χ0) is 27.9. The predicted octanol–water partition coefficient (Wildman–Crippen LogP) is 4.75. The Kier molecular flexibility index (Phi) is 9.69. The zero-order valence-electron chi connectivity index (χ0n) is 22.8. The molecule has 38 heavy (non-hydrogen) atoms. The maximum Gasteiger partial charge on any atom is 0.264 e. The molecule has 0 bridgehead atoms. The van der Waals surface area contributed by atoms with E-state index in [1.165, 1.54) is 9.21 Å². The summed E-state index contributed by atoms with van der Waals surface area (Å²) in [5, 5.41) is 2.82. The summed E-state index contributed by atoms with van der Waals surface area (Å²) in [5.41, 5.74) is 3.81. The summed E-state index contributed by atoms with van der Waals surface area (Å²) in [5.74, 6) is -0.720. The van der Waals surface area contributed by atoms with Crippen LogP contribution in [-0.4, -0.2) is 44.3 Å². The van der Waals surface area contributed by atoms with Gasteiger partial charge in [-0.25, -0.2) is 8.42 Å². The molecule has 3 aromatic carbocycles. The molecular formula is C30H37N3O4S. The minimum Gasteiger partial charge on any atom is -0.355 e. The Morgan fingerprint density at radius 1 is 0.868 bits per heavy atom. The first-order valence-electron chi connectivity index (χ1n) is 12.9. The molecule has 0 saturated heterocycles. The molecule has 0 aliphatic rings. The van der Waals surface area contributed by atoms with Crippen LogP contribution in [-0.2, 0) is 26.2 Å². The number of likely N-dealkylation sites (N-methyl/N-ethyl adjacent to an activating group) is 1. The first kappa shape index (κ1) is 28.9. The minimum absolute atomic E-state index is 0.0992. The molecular weight excluding hydrogens is 498 g/mol. The van der Waals surface area contributed by atoms with Crippen molar-refractivity contribution < 1.29 is 18.0 Å². The first-order chi connectivity index (χ1) is 18.1. The third-order valence-corrected chi connectivity index (χ3v) is 8.23. The van der Waals surface area contributed by atoms with E-state index in [1.807, 2.05) is 77.1 Å². The number of aryl methyl sites for hydroxylation is 3. The lowest BCUT2D eigenvalue weighted by Gasteiger charge is -2.33. The van der Waals surface area contributed by atoms with Gasteiger partial charge in [-0.3, -0.25) is 13.9 Å². The van der Waals surface area contributed by atoms with Crippen molar-refractivity contribution in [3.05, 3.63) is 95.1 Å². The maximum atomic E-state index is 14.0. The molecule has 7 nitrogen and oxygen atoms in total. The lowest BCUT2D eigenvalue weighted by atomic mass is 10.1. The molecule has 3 rings (SSSR count). The molecule has 0 fully saturated rings. The summed E-state index contributed by atoms with van der Waals surface area (Å²) in [6, 6.07) is 20.8. The molecule has 0 radical (unpaired) electrons. The standard InChI is InChI=1S/C30H37N3O4S/c1-6-27(30(35)31-7-2)32(20-25-11-9-8-10-12-25)29(34)21-33(28-19-23(4)13-16-24(28)5)38(36,37)26-17-14-22(3)15-18-26/h8-19,27H,6-7,20-21H2,1-5H3,(H,31,35). The summed E-state index contributed by atoms with van der Waals surface area (Å²) in [4.78, 5) is 28.6. The highest BCUT2D eigenvalue weighted by Crippen LogP contribution is 2.29. The van der Waals surface area contributed by atoms with Crippen LogP contribution in [0, 0.1) is 20.8 Å². The Bertz CT molecular complexity index is 1360. The molecule has 3 aromatic rings. The van der Waals surface area contributed by atoms with Gasteiger partial charge in [0.1, 0.15) is 12.6 Å². The molecule has 0 saturated carbocycles. The smallest absolute Gasteiger partial charge is 0.264 e. The van der Waals surface area contributed by atoms with E-state index >= 15 is 0 Å². The SMILES string of the molecule is CCNC(=O)C(CC)N(Cc1ccccc1)C(=O)CN(c1cc(C)ccc1C)S(=O)(=O)c1ccc(C)cc1. The second-order valence-corrected chi connectivity index (χ2v) is 11.3. The van der Waals surface area contributed by atoms with Crippen molar-refractivity contribution in [3.8, 4) is 0 Å². The molecule has 0 aromatic heterocycles. The van der Waals surface area contributed by atoms with Gasteiger partial charge in [0.05, 0.1) is 10.6 Å². The second-order valence-electron chi connectivity index (χ2n) is 9.44. The van der Waals surface area contributed by atoms with E-state index in [0.717, 1.165) is 22.3 Å². The highest BCUT2D eigenvalue weighted by molar-refractivity contribution is 7.92. The fourth-order valence-corrected chi connectivity index (χ4v) is 5.80. The molecule has 2 amide bonds. The topological polar surface area (TPSA) is 86.8 Å². The molecule has 1 atom stereocenters. The van der Waals surface area contributed by atoms with Crippen molar-refractivity contribution in [1.82, 2.24) is 10.2 Å². The van der Waals surface area contributed by atoms with E-state index < -0.39 is 28.5 Å². The van der Waals surface area contributed by atoms with Gasteiger partial charge >= 0.3 is 0 Å². The Labute approximate surface area is 226 Å². The van der Waals surface area contributed by atoms with Crippen molar-refractivity contribution in [2.24, 2.45) is 0 Å². The molecule has 8 heteroatoms. The van der Waals surface area contributed by atoms with E-state index in [4.69, 9.17) is 0 Å². The highest BCUT2D eigenvalue weighted by Gasteiger charge is 2.34. The zero-order valence-corrected chi connectivity index (χ0v) is 23.6. The van der Waals surface area contributed by atoms with Gasteiger partial charge in [-0.05, 0) is 69.0 Å². The summed E-state index contributed by atoms with van der Waals surface area (Å²) in [7, 11) is -4.09. The van der Waals surface area contributed by atoms with Gasteiger partial charge in [0.2, 0.25) is 11.8 Å². The number of anilines is 1. The fourth-order valence-electron chi connectivity index (χ4n) is 4.33. The van der Waals surface area contributed by atoms with Crippen LogP contribution in [0.5, 0.6) is 0 Å². The number of carbonyl (C=O) groups excluding carboxylic acids is 2. The summed E-state index contributed by atoms with van der Waals surface area (Å²) < 4.78 is 29.1. The number of carbonyl (C=O) groups is 2. The van der Waals surface area contributed by atoms with Crippen molar-refractivity contribution in [2.45, 2.75) is 58.5 Å². The number of amides is 2. The van der Waals surface area contributed by atoms with E-state index in [2.05, 4.69) is 5.32 Å². The van der Waals surface area contributed by atoms with Crippen molar-refractivity contribution in [3.63, 3.8) is 0 Å². The summed E-state index contributed by atoms with van der Waals surface area (Å²) >= 11 is 0. The summed E-state index contributed by atoms with van der Waals surface area (Å²) in [6.45, 7) is 9.42. The van der Waals surface area contributed by atoms with Crippen LogP contribution in [0.4, 0.5) is 5.69 Å². The van der Waals surface area contributed by atoms with E-state index in [0.29, 0.717) is 18.7 Å². The van der Waals surface area contributed by atoms with Gasteiger partial charge in [-0.15, -0.1) is 0 Å². The maximum absolute atomic E-state index is 14.0. The van der Waals surface area contributed by atoms with Crippen LogP contribution >= 0.6 is 0 Å². The van der Waals surface area contributed by atoms with Crippen LogP contribution in [0.3, 0.4) is 0 Å². The monoisotopic (exact) mass is 535 g/mol. The Hall–Kier alpha value is -3.65. The average Bonchev–Trinajstić information content (AvgIpc) is 2.89. The fraction of sp³-hybridized carbons (Fsp3) is 0.333.